The molecule has 0 atom stereocenters. The summed E-state index contributed by atoms with van der Waals surface area (Å²) < 4.78 is 0. The van der Waals surface area contributed by atoms with E-state index in [-0.39, 0.29) is 30.8 Å². The van der Waals surface area contributed by atoms with Gasteiger partial charge in [0.25, 0.3) is 0 Å². The van der Waals surface area contributed by atoms with Crippen LogP contribution in [0.3, 0.4) is 0 Å². The second-order valence-electron chi connectivity index (χ2n) is 8.05. The topological polar surface area (TPSA) is 78.5 Å². The molecule has 29 heavy (non-hydrogen) atoms. The maximum Gasteiger partial charge on any atom is 0.243 e. The summed E-state index contributed by atoms with van der Waals surface area (Å²) in [6.07, 6.45) is 8.25. The van der Waals surface area contributed by atoms with Crippen LogP contribution in [-0.4, -0.2) is 42.3 Å². The molecule has 1 fully saturated rings. The number of anilines is 1. The molecular weight excluding hydrogens is 366 g/mol. The van der Waals surface area contributed by atoms with Gasteiger partial charge in [-0.1, -0.05) is 56.7 Å². The van der Waals surface area contributed by atoms with Gasteiger partial charge in [0, 0.05) is 18.7 Å². The van der Waals surface area contributed by atoms with Gasteiger partial charge in [-0.05, 0) is 37.8 Å². The van der Waals surface area contributed by atoms with E-state index < -0.39 is 0 Å². The largest absolute Gasteiger partial charge is 0.345 e. The lowest BCUT2D eigenvalue weighted by molar-refractivity contribution is -0.136. The molecule has 0 unspecified atom stereocenters. The Morgan fingerprint density at radius 1 is 1.07 bits per heavy atom. The zero-order chi connectivity index (χ0) is 21.1. The lowest BCUT2D eigenvalue weighted by Crippen LogP contribution is -2.43. The number of hydrogen-bond acceptors (Lipinski definition) is 3. The van der Waals surface area contributed by atoms with Gasteiger partial charge in [-0.15, -0.1) is 0 Å². The molecule has 0 saturated heterocycles. The maximum atomic E-state index is 12.6. The fraction of sp³-hybridized carbons (Fsp3) is 0.609. The molecule has 1 aliphatic carbocycles. The average molecular weight is 402 g/mol. The number of hydrogen-bond donors (Lipinski definition) is 2. The normalized spacial score (nSPS) is 13.9. The molecule has 0 radical (unpaired) electrons. The average Bonchev–Trinajstić information content (AvgIpc) is 3.23. The first-order valence-electron chi connectivity index (χ1n) is 10.9. The van der Waals surface area contributed by atoms with Crippen LogP contribution >= 0.6 is 0 Å². The molecule has 2 N–H and O–H groups in total. The van der Waals surface area contributed by atoms with Gasteiger partial charge in [0.1, 0.15) is 0 Å². The highest BCUT2D eigenvalue weighted by Gasteiger charge is 2.20. The minimum Gasteiger partial charge on any atom is -0.345 e. The molecular formula is C23H35N3O3. The molecule has 6 heteroatoms. The van der Waals surface area contributed by atoms with E-state index in [2.05, 4.69) is 17.6 Å². The van der Waals surface area contributed by atoms with E-state index in [4.69, 9.17) is 0 Å². The van der Waals surface area contributed by atoms with Gasteiger partial charge < -0.3 is 15.5 Å². The second-order valence-corrected chi connectivity index (χ2v) is 8.05. The van der Waals surface area contributed by atoms with Crippen molar-refractivity contribution in [2.24, 2.45) is 5.92 Å². The molecule has 0 aromatic heterocycles. The van der Waals surface area contributed by atoms with Crippen molar-refractivity contribution in [3.63, 3.8) is 0 Å². The molecule has 1 saturated carbocycles. The Morgan fingerprint density at radius 3 is 2.41 bits per heavy atom. The molecule has 0 spiro atoms. The van der Waals surface area contributed by atoms with Crippen molar-refractivity contribution in [2.75, 3.05) is 25.0 Å². The van der Waals surface area contributed by atoms with Gasteiger partial charge in [0.05, 0.1) is 13.1 Å². The predicted octanol–water partition coefficient (Wildman–Crippen LogP) is 3.65. The molecule has 0 bridgehead atoms. The first-order chi connectivity index (χ1) is 14.0. The summed E-state index contributed by atoms with van der Waals surface area (Å²) >= 11 is 0. The Hall–Kier alpha value is -2.37. The van der Waals surface area contributed by atoms with Crippen LogP contribution in [0.5, 0.6) is 0 Å². The number of nitrogens with zero attached hydrogens (tertiary/aromatic N) is 1. The second kappa shape index (κ2) is 12.2. The van der Waals surface area contributed by atoms with E-state index in [0.717, 1.165) is 24.8 Å². The summed E-state index contributed by atoms with van der Waals surface area (Å²) in [4.78, 5) is 38.6. The van der Waals surface area contributed by atoms with E-state index in [1.807, 2.05) is 31.2 Å². The molecule has 1 aromatic carbocycles. The SMILES string of the molecule is CCCCN(CC(=O)NCC(=O)Nc1ccc(C)cc1)C(=O)CCC1CCCC1. The summed E-state index contributed by atoms with van der Waals surface area (Å²) in [7, 11) is 0. The summed E-state index contributed by atoms with van der Waals surface area (Å²) in [5.74, 6) is 0.125. The number of unbranched alkanes of at least 4 members (excludes halogenated alkanes) is 1. The van der Waals surface area contributed by atoms with E-state index >= 15 is 0 Å². The number of rotatable bonds is 11. The standard InChI is InChI=1S/C23H35N3O3/c1-3-4-15-26(23(29)14-11-19-7-5-6-8-19)17-22(28)24-16-21(27)25-20-12-9-18(2)10-13-20/h9-10,12-13,19H,3-8,11,14-17H2,1-2H3,(H,24,28)(H,25,27). The fourth-order valence-electron chi connectivity index (χ4n) is 3.68. The van der Waals surface area contributed by atoms with Crippen LogP contribution < -0.4 is 10.6 Å². The molecule has 1 aliphatic rings. The smallest absolute Gasteiger partial charge is 0.243 e. The van der Waals surface area contributed by atoms with E-state index in [9.17, 15) is 14.4 Å². The summed E-state index contributed by atoms with van der Waals surface area (Å²) in [5, 5.41) is 5.38. The van der Waals surface area contributed by atoms with E-state index in [1.165, 1.54) is 25.7 Å². The van der Waals surface area contributed by atoms with Crippen LogP contribution in [0.25, 0.3) is 0 Å². The van der Waals surface area contributed by atoms with E-state index in [1.54, 1.807) is 4.90 Å². The zero-order valence-corrected chi connectivity index (χ0v) is 17.8. The van der Waals surface area contributed by atoms with Crippen molar-refractivity contribution >= 4 is 23.4 Å². The summed E-state index contributed by atoms with van der Waals surface area (Å²) in [6.45, 7) is 4.54. The van der Waals surface area contributed by atoms with Gasteiger partial charge in [0.2, 0.25) is 17.7 Å². The third-order valence-electron chi connectivity index (χ3n) is 5.49. The molecule has 160 valence electrons. The van der Waals surface area contributed by atoms with Crippen molar-refractivity contribution in [3.05, 3.63) is 29.8 Å². The predicted molar refractivity (Wildman–Crippen MR) is 115 cm³/mol. The maximum absolute atomic E-state index is 12.6. The number of carbonyl (C=O) groups is 3. The number of nitrogens with one attached hydrogen (secondary N) is 2. The third-order valence-corrected chi connectivity index (χ3v) is 5.49. The van der Waals surface area contributed by atoms with Crippen molar-refractivity contribution in [2.45, 2.75) is 65.2 Å². The number of carbonyl (C=O) groups excluding carboxylic acids is 3. The van der Waals surface area contributed by atoms with Crippen molar-refractivity contribution in [1.82, 2.24) is 10.2 Å². The molecule has 3 amide bonds. The van der Waals surface area contributed by atoms with Gasteiger partial charge in [-0.25, -0.2) is 0 Å². The first kappa shape index (κ1) is 22.9. The van der Waals surface area contributed by atoms with Crippen LogP contribution in [0.15, 0.2) is 24.3 Å². The molecule has 6 nitrogen and oxygen atoms in total. The Balaban J connectivity index is 1.75. The Kier molecular flexibility index (Phi) is 9.68. The molecule has 1 aromatic rings. The number of benzene rings is 1. The molecule has 2 rings (SSSR count). The highest BCUT2D eigenvalue weighted by molar-refractivity contribution is 5.95. The highest BCUT2D eigenvalue weighted by atomic mass is 16.2. The minimum absolute atomic E-state index is 0.0152. The fourth-order valence-corrected chi connectivity index (χ4v) is 3.68. The summed E-state index contributed by atoms with van der Waals surface area (Å²) in [6, 6.07) is 7.48. The number of amides is 3. The Morgan fingerprint density at radius 2 is 1.76 bits per heavy atom. The Bertz CT molecular complexity index is 666. The summed E-state index contributed by atoms with van der Waals surface area (Å²) in [5.41, 5.74) is 1.81. The first-order valence-corrected chi connectivity index (χ1v) is 10.9. The lowest BCUT2D eigenvalue weighted by Gasteiger charge is -2.23. The van der Waals surface area contributed by atoms with Gasteiger partial charge in [-0.2, -0.15) is 0 Å². The number of aryl methyl sites for hydroxylation is 1. The van der Waals surface area contributed by atoms with Crippen LogP contribution in [0, 0.1) is 12.8 Å². The van der Waals surface area contributed by atoms with Crippen molar-refractivity contribution < 1.29 is 14.4 Å². The van der Waals surface area contributed by atoms with Gasteiger partial charge in [-0.3, -0.25) is 14.4 Å². The van der Waals surface area contributed by atoms with Crippen LogP contribution in [0.2, 0.25) is 0 Å². The minimum atomic E-state index is -0.297. The monoisotopic (exact) mass is 401 g/mol. The third kappa shape index (κ3) is 8.67. The quantitative estimate of drug-likeness (QED) is 0.594. The van der Waals surface area contributed by atoms with Crippen molar-refractivity contribution in [3.8, 4) is 0 Å². The van der Waals surface area contributed by atoms with Crippen molar-refractivity contribution in [1.29, 1.82) is 0 Å². The lowest BCUT2D eigenvalue weighted by atomic mass is 10.0. The van der Waals surface area contributed by atoms with Crippen LogP contribution in [0.4, 0.5) is 5.69 Å². The Labute approximate surface area is 174 Å². The zero-order valence-electron chi connectivity index (χ0n) is 17.8. The van der Waals surface area contributed by atoms with Crippen LogP contribution in [-0.2, 0) is 14.4 Å². The van der Waals surface area contributed by atoms with Gasteiger partial charge >= 0.3 is 0 Å². The molecule has 0 heterocycles. The van der Waals surface area contributed by atoms with E-state index in [0.29, 0.717) is 24.6 Å². The highest BCUT2D eigenvalue weighted by Crippen LogP contribution is 2.28. The molecule has 0 aliphatic heterocycles. The van der Waals surface area contributed by atoms with Gasteiger partial charge in [0.15, 0.2) is 0 Å². The van der Waals surface area contributed by atoms with Crippen LogP contribution in [0.1, 0.15) is 63.9 Å².